The average molecular weight is 109 g/mol. The van der Waals surface area contributed by atoms with Gasteiger partial charge in [0, 0.05) is 0 Å². The van der Waals surface area contributed by atoms with Gasteiger partial charge in [-0.2, -0.15) is 0 Å². The molecule has 2 N–H and O–H groups in total. The van der Waals surface area contributed by atoms with Gasteiger partial charge in [-0.05, 0) is 0 Å². The summed E-state index contributed by atoms with van der Waals surface area (Å²) in [5.41, 5.74) is 4.85. The van der Waals surface area contributed by atoms with Gasteiger partial charge in [0.25, 0.3) is 0 Å². The third-order valence-electron chi connectivity index (χ3n) is 0.425. The largest absolute Gasteiger partial charge is 0.325 e. The van der Waals surface area contributed by atoms with Crippen LogP contribution in [0.2, 0.25) is 0 Å². The van der Waals surface area contributed by atoms with Gasteiger partial charge in [-0.3, -0.25) is 19.3 Å². The summed E-state index contributed by atoms with van der Waals surface area (Å²) in [6.45, 7) is 0. The second-order valence-corrected chi connectivity index (χ2v) is 1.83. The monoisotopic (exact) mass is 109 g/mol. The fourth-order valence-corrected chi connectivity index (χ4v) is 0.596. The van der Waals surface area contributed by atoms with E-state index in [1.165, 1.54) is 0 Å². The summed E-state index contributed by atoms with van der Waals surface area (Å²) in [4.78, 5) is 0. The van der Waals surface area contributed by atoms with Gasteiger partial charge in [0.15, 0.2) is 0 Å². The molecule has 1 rings (SSSR count). The molecule has 4 nitrogen and oxygen atoms in total. The molecule has 0 bridgehead atoms. The van der Waals surface area contributed by atoms with Crippen LogP contribution in [0.3, 0.4) is 0 Å². The summed E-state index contributed by atoms with van der Waals surface area (Å²) < 4.78 is 18.3. The number of hydrogen-bond donors (Lipinski definition) is 1. The van der Waals surface area contributed by atoms with Crippen LogP contribution in [-0.2, 0) is 13.6 Å². The van der Waals surface area contributed by atoms with Crippen LogP contribution in [0.15, 0.2) is 0 Å². The summed E-state index contributed by atoms with van der Waals surface area (Å²) in [6, 6.07) is 0. The van der Waals surface area contributed by atoms with Crippen molar-refractivity contribution in [2.75, 3.05) is 0 Å². The Labute approximate surface area is 35.2 Å². The maximum atomic E-state index is 9.77. The smallest absolute Gasteiger partial charge is 0.282 e. The Balaban J connectivity index is 2.28. The Hall–Kier alpha value is 0.110. The van der Waals surface area contributed by atoms with E-state index in [0.717, 1.165) is 0 Å². The first-order valence-corrected chi connectivity index (χ1v) is 2.64. The summed E-state index contributed by atoms with van der Waals surface area (Å²) in [5.74, 6) is 0. The maximum Gasteiger partial charge on any atom is 0.325 e. The van der Waals surface area contributed by atoms with E-state index in [0.29, 0.717) is 0 Å². The molecule has 6 heavy (non-hydrogen) atoms. The van der Waals surface area contributed by atoms with Crippen molar-refractivity contribution in [1.29, 1.82) is 0 Å². The fraction of sp³-hybridized carbons (Fsp3) is 1.00. The third kappa shape index (κ3) is 0.604. The predicted octanol–water partition coefficient (Wildman–Crippen LogP) is -0.335. The van der Waals surface area contributed by atoms with E-state index in [1.54, 1.807) is 0 Å². The van der Waals surface area contributed by atoms with Crippen LogP contribution in [0.1, 0.15) is 0 Å². The lowest BCUT2D eigenvalue weighted by atomic mass is 11.2. The molecule has 0 aromatic carbocycles. The molecule has 1 fully saturated rings. The van der Waals surface area contributed by atoms with Crippen LogP contribution in [0.5, 0.6) is 0 Å². The number of hydrogen-bond acceptors (Lipinski definition) is 4. The summed E-state index contributed by atoms with van der Waals surface area (Å²) >= 11 is 0. The standard InChI is InChI=1S/CH4NO3P/c2-1-4-6(3)5-1/h1,6H,2H2. The zero-order valence-electron chi connectivity index (χ0n) is 2.88. The summed E-state index contributed by atoms with van der Waals surface area (Å²) in [5, 5.41) is 0. The molecule has 0 amide bonds. The van der Waals surface area contributed by atoms with Gasteiger partial charge in [0.05, 0.1) is 0 Å². The molecule has 0 aromatic heterocycles. The highest BCUT2D eigenvalue weighted by molar-refractivity contribution is 7.34. The summed E-state index contributed by atoms with van der Waals surface area (Å²) in [7, 11) is -2.12. The molecular formula is CH4NO3P. The molecule has 0 aromatic rings. The topological polar surface area (TPSA) is 61.5 Å². The highest BCUT2D eigenvalue weighted by Gasteiger charge is 2.20. The quantitative estimate of drug-likeness (QED) is 0.432. The molecule has 0 saturated carbocycles. The first kappa shape index (κ1) is 4.27. The van der Waals surface area contributed by atoms with Crippen LogP contribution < -0.4 is 5.73 Å². The van der Waals surface area contributed by atoms with E-state index >= 15 is 0 Å². The zero-order valence-corrected chi connectivity index (χ0v) is 3.88. The van der Waals surface area contributed by atoms with E-state index in [4.69, 9.17) is 5.73 Å². The lowest BCUT2D eigenvalue weighted by Gasteiger charge is -2.20. The SMILES string of the molecule is NC1O[PH](=O)O1. The third-order valence-corrected chi connectivity index (χ3v) is 1.27. The van der Waals surface area contributed by atoms with E-state index in [2.05, 4.69) is 9.05 Å². The second kappa shape index (κ2) is 1.31. The molecule has 1 heterocycles. The van der Waals surface area contributed by atoms with Crippen LogP contribution in [0, 0.1) is 0 Å². The normalized spacial score (nSPS) is 44.8. The number of nitrogens with two attached hydrogens (primary N) is 1. The molecule has 0 atom stereocenters. The summed E-state index contributed by atoms with van der Waals surface area (Å²) in [6.07, 6.45) is -0.726. The number of rotatable bonds is 0. The van der Waals surface area contributed by atoms with Crippen molar-refractivity contribution in [1.82, 2.24) is 0 Å². The van der Waals surface area contributed by atoms with Crippen molar-refractivity contribution in [2.24, 2.45) is 5.73 Å². The van der Waals surface area contributed by atoms with Crippen molar-refractivity contribution < 1.29 is 13.6 Å². The van der Waals surface area contributed by atoms with Gasteiger partial charge in [0.2, 0.25) is 6.41 Å². The molecule has 1 aliphatic rings. The van der Waals surface area contributed by atoms with Gasteiger partial charge in [0.1, 0.15) is 0 Å². The fourth-order valence-electron chi connectivity index (χ4n) is 0.199. The van der Waals surface area contributed by atoms with Crippen molar-refractivity contribution in [2.45, 2.75) is 6.41 Å². The minimum Gasteiger partial charge on any atom is -0.282 e. The van der Waals surface area contributed by atoms with Crippen molar-refractivity contribution >= 4 is 8.25 Å². The molecule has 1 aliphatic heterocycles. The van der Waals surface area contributed by atoms with Crippen molar-refractivity contribution in [3.05, 3.63) is 0 Å². The van der Waals surface area contributed by atoms with E-state index in [9.17, 15) is 4.57 Å². The van der Waals surface area contributed by atoms with E-state index in [-0.39, 0.29) is 0 Å². The zero-order chi connectivity index (χ0) is 4.57. The highest BCUT2D eigenvalue weighted by Crippen LogP contribution is 2.36. The van der Waals surface area contributed by atoms with Crippen molar-refractivity contribution in [3.63, 3.8) is 0 Å². The Kier molecular flexibility index (Phi) is 0.935. The van der Waals surface area contributed by atoms with Gasteiger partial charge in [-0.1, -0.05) is 0 Å². The van der Waals surface area contributed by atoms with Crippen LogP contribution in [0.25, 0.3) is 0 Å². The molecule has 36 valence electrons. The average Bonchev–Trinajstić information content (AvgIpc) is 1.33. The molecule has 1 saturated heterocycles. The van der Waals surface area contributed by atoms with E-state index < -0.39 is 14.7 Å². The van der Waals surface area contributed by atoms with Crippen LogP contribution in [0.4, 0.5) is 0 Å². The van der Waals surface area contributed by atoms with Gasteiger partial charge < -0.3 is 0 Å². The van der Waals surface area contributed by atoms with Crippen LogP contribution >= 0.6 is 8.25 Å². The van der Waals surface area contributed by atoms with E-state index in [1.807, 2.05) is 0 Å². The maximum absolute atomic E-state index is 9.77. The molecule has 0 aliphatic carbocycles. The molecule has 0 spiro atoms. The minimum atomic E-state index is -2.12. The second-order valence-electron chi connectivity index (χ2n) is 0.854. The first-order valence-electron chi connectivity index (χ1n) is 1.42. The lowest BCUT2D eigenvalue weighted by molar-refractivity contribution is -0.0712. The molecule has 0 unspecified atom stereocenters. The lowest BCUT2D eigenvalue weighted by Crippen LogP contribution is -2.29. The van der Waals surface area contributed by atoms with Gasteiger partial charge >= 0.3 is 8.25 Å². The van der Waals surface area contributed by atoms with Gasteiger partial charge in [-0.15, -0.1) is 0 Å². The van der Waals surface area contributed by atoms with Crippen molar-refractivity contribution in [3.8, 4) is 0 Å². The van der Waals surface area contributed by atoms with Gasteiger partial charge in [-0.25, -0.2) is 0 Å². The molecular weight excluding hydrogens is 105 g/mol. The Morgan fingerprint density at radius 2 is 2.17 bits per heavy atom. The Bertz CT molecular complexity index is 74.9. The first-order chi connectivity index (χ1) is 2.79. The van der Waals surface area contributed by atoms with Crippen LogP contribution in [-0.4, -0.2) is 6.41 Å². The predicted molar refractivity (Wildman–Crippen MR) is 19.1 cm³/mol. The highest BCUT2D eigenvalue weighted by atomic mass is 31.1. The Morgan fingerprint density at radius 3 is 2.17 bits per heavy atom. The minimum absolute atomic E-state index is 0.726. The molecule has 0 radical (unpaired) electrons. The molecule has 5 heteroatoms. The Morgan fingerprint density at radius 1 is 1.67 bits per heavy atom.